The van der Waals surface area contributed by atoms with Gasteiger partial charge in [0.1, 0.15) is 10.8 Å². The predicted molar refractivity (Wildman–Crippen MR) is 130 cm³/mol. The first-order valence-corrected chi connectivity index (χ1v) is 11.4. The van der Waals surface area contributed by atoms with E-state index in [-0.39, 0.29) is 30.4 Å². The van der Waals surface area contributed by atoms with Crippen LogP contribution in [0, 0.1) is 0 Å². The first-order valence-electron chi connectivity index (χ1n) is 10.6. The van der Waals surface area contributed by atoms with Gasteiger partial charge in [-0.25, -0.2) is 4.79 Å². The maximum Gasteiger partial charge on any atom is 0.318 e. The lowest BCUT2D eigenvalue weighted by molar-refractivity contribution is -0.116. The molecule has 3 amide bonds. The van der Waals surface area contributed by atoms with Gasteiger partial charge in [-0.15, -0.1) is 10.2 Å². The first kappa shape index (κ1) is 24.2. The van der Waals surface area contributed by atoms with Crippen LogP contribution in [-0.2, 0) is 11.3 Å². The molecule has 33 heavy (non-hydrogen) atoms. The molecule has 0 unspecified atom stereocenters. The molecule has 0 aliphatic rings. The van der Waals surface area contributed by atoms with E-state index in [2.05, 4.69) is 20.8 Å². The number of carbonyl (C=O) groups excluding carboxylic acids is 2. The Hall–Kier alpha value is -3.46. The fourth-order valence-corrected chi connectivity index (χ4v) is 3.76. The summed E-state index contributed by atoms with van der Waals surface area (Å²) in [6.45, 7) is 6.46. The molecule has 174 valence electrons. The number of rotatable bonds is 8. The minimum absolute atomic E-state index is 0.141. The van der Waals surface area contributed by atoms with Gasteiger partial charge in [-0.2, -0.15) is 0 Å². The average molecular weight is 468 g/mol. The zero-order valence-electron chi connectivity index (χ0n) is 19.3. The molecule has 0 saturated carbocycles. The fourth-order valence-electron chi connectivity index (χ4n) is 3.00. The van der Waals surface area contributed by atoms with E-state index in [9.17, 15) is 9.59 Å². The quantitative estimate of drug-likeness (QED) is 0.507. The smallest absolute Gasteiger partial charge is 0.318 e. The van der Waals surface area contributed by atoms with Crippen molar-refractivity contribution < 1.29 is 14.3 Å². The molecule has 1 aromatic heterocycles. The monoisotopic (exact) mass is 467 g/mol. The van der Waals surface area contributed by atoms with E-state index in [1.807, 2.05) is 75.4 Å². The summed E-state index contributed by atoms with van der Waals surface area (Å²) in [5.41, 5.74) is 1.51. The molecule has 8 nitrogen and oxygen atoms in total. The zero-order valence-corrected chi connectivity index (χ0v) is 20.1. The van der Waals surface area contributed by atoms with Crippen molar-refractivity contribution in [2.45, 2.75) is 39.3 Å². The van der Waals surface area contributed by atoms with Crippen LogP contribution in [-0.4, -0.2) is 46.2 Å². The van der Waals surface area contributed by atoms with Crippen molar-refractivity contribution in [2.75, 3.05) is 19.0 Å². The maximum absolute atomic E-state index is 12.8. The molecule has 0 fully saturated rings. The SMILES string of the molecule is COc1ccc(-c2nnc(NC(=O)CCN(Cc3ccccc3)C(=O)NC(C)(C)C)s2)cc1. The summed E-state index contributed by atoms with van der Waals surface area (Å²) in [5.74, 6) is 0.529. The van der Waals surface area contributed by atoms with Crippen LogP contribution in [0.15, 0.2) is 54.6 Å². The van der Waals surface area contributed by atoms with E-state index in [4.69, 9.17) is 4.74 Å². The number of carbonyl (C=O) groups is 2. The van der Waals surface area contributed by atoms with Gasteiger partial charge in [-0.1, -0.05) is 41.7 Å². The summed E-state index contributed by atoms with van der Waals surface area (Å²) in [7, 11) is 1.61. The van der Waals surface area contributed by atoms with Crippen LogP contribution in [0.1, 0.15) is 32.8 Å². The summed E-state index contributed by atoms with van der Waals surface area (Å²) >= 11 is 1.29. The van der Waals surface area contributed by atoms with Crippen LogP contribution in [0.5, 0.6) is 5.75 Å². The Balaban J connectivity index is 1.60. The highest BCUT2D eigenvalue weighted by Gasteiger charge is 2.21. The number of amides is 3. The molecule has 3 aromatic rings. The number of ether oxygens (including phenoxy) is 1. The molecule has 9 heteroatoms. The second kappa shape index (κ2) is 10.9. The summed E-state index contributed by atoms with van der Waals surface area (Å²) in [6.07, 6.45) is 0.141. The lowest BCUT2D eigenvalue weighted by Crippen LogP contribution is -2.48. The van der Waals surface area contributed by atoms with Gasteiger partial charge in [0.15, 0.2) is 0 Å². The van der Waals surface area contributed by atoms with Gasteiger partial charge in [0, 0.05) is 30.6 Å². The minimum atomic E-state index is -0.376. The van der Waals surface area contributed by atoms with E-state index in [1.165, 1.54) is 11.3 Å². The van der Waals surface area contributed by atoms with Crippen molar-refractivity contribution in [3.05, 3.63) is 60.2 Å². The summed E-state index contributed by atoms with van der Waals surface area (Å²) < 4.78 is 5.17. The van der Waals surface area contributed by atoms with Gasteiger partial charge < -0.3 is 20.3 Å². The Kier molecular flexibility index (Phi) is 8.00. The number of methoxy groups -OCH3 is 1. The Morgan fingerprint density at radius 1 is 1.03 bits per heavy atom. The van der Waals surface area contributed by atoms with Gasteiger partial charge in [0.2, 0.25) is 11.0 Å². The molecule has 0 spiro atoms. The molecular formula is C24H29N5O3S. The predicted octanol–water partition coefficient (Wildman–Crippen LogP) is 4.55. The molecule has 0 saturated heterocycles. The topological polar surface area (TPSA) is 96.5 Å². The normalized spacial score (nSPS) is 11.0. The summed E-state index contributed by atoms with van der Waals surface area (Å²) in [5, 5.41) is 15.1. The number of urea groups is 1. The highest BCUT2D eigenvalue weighted by molar-refractivity contribution is 7.18. The molecule has 2 N–H and O–H groups in total. The van der Waals surface area contributed by atoms with Crippen molar-refractivity contribution in [2.24, 2.45) is 0 Å². The third kappa shape index (κ3) is 7.57. The number of nitrogens with one attached hydrogen (secondary N) is 2. The zero-order chi connectivity index (χ0) is 23.8. The van der Waals surface area contributed by atoms with Crippen LogP contribution in [0.3, 0.4) is 0 Å². The lowest BCUT2D eigenvalue weighted by atomic mass is 10.1. The van der Waals surface area contributed by atoms with Crippen LogP contribution < -0.4 is 15.4 Å². The molecule has 0 aliphatic heterocycles. The third-order valence-electron chi connectivity index (χ3n) is 4.60. The van der Waals surface area contributed by atoms with Crippen molar-refractivity contribution in [1.29, 1.82) is 0 Å². The molecule has 0 atom stereocenters. The van der Waals surface area contributed by atoms with Crippen molar-refractivity contribution in [3.8, 4) is 16.3 Å². The largest absolute Gasteiger partial charge is 0.497 e. The Labute approximate surface area is 198 Å². The van der Waals surface area contributed by atoms with E-state index in [0.29, 0.717) is 16.7 Å². The molecule has 0 radical (unpaired) electrons. The molecule has 1 heterocycles. The average Bonchev–Trinajstić information content (AvgIpc) is 3.24. The van der Waals surface area contributed by atoms with Gasteiger partial charge in [-0.3, -0.25) is 4.79 Å². The number of hydrogen-bond donors (Lipinski definition) is 2. The molecular weight excluding hydrogens is 438 g/mol. The highest BCUT2D eigenvalue weighted by Crippen LogP contribution is 2.27. The molecule has 0 aliphatic carbocycles. The van der Waals surface area contributed by atoms with E-state index in [1.54, 1.807) is 12.0 Å². The molecule has 0 bridgehead atoms. The second-order valence-corrected chi connectivity index (χ2v) is 9.50. The molecule has 2 aromatic carbocycles. The first-order chi connectivity index (χ1) is 15.7. The Bertz CT molecular complexity index is 1060. The van der Waals surface area contributed by atoms with Gasteiger partial charge in [0.05, 0.1) is 7.11 Å². The standard InChI is InChI=1S/C24H29N5O3S/c1-24(2,3)26-23(31)29(16-17-8-6-5-7-9-17)15-14-20(30)25-22-28-27-21(33-22)18-10-12-19(32-4)13-11-18/h5-13H,14-16H2,1-4H3,(H,26,31)(H,25,28,30). The minimum Gasteiger partial charge on any atom is -0.497 e. The summed E-state index contributed by atoms with van der Waals surface area (Å²) in [6, 6.07) is 17.0. The van der Waals surface area contributed by atoms with Gasteiger partial charge in [-0.05, 0) is 50.6 Å². The Morgan fingerprint density at radius 3 is 2.36 bits per heavy atom. The number of aromatic nitrogens is 2. The van der Waals surface area contributed by atoms with Gasteiger partial charge >= 0.3 is 6.03 Å². The van der Waals surface area contributed by atoms with E-state index in [0.717, 1.165) is 16.9 Å². The van der Waals surface area contributed by atoms with Crippen molar-refractivity contribution >= 4 is 28.4 Å². The summed E-state index contributed by atoms with van der Waals surface area (Å²) in [4.78, 5) is 27.0. The van der Waals surface area contributed by atoms with Crippen LogP contribution in [0.2, 0.25) is 0 Å². The maximum atomic E-state index is 12.8. The van der Waals surface area contributed by atoms with Gasteiger partial charge in [0.25, 0.3) is 0 Å². The van der Waals surface area contributed by atoms with Crippen LogP contribution >= 0.6 is 11.3 Å². The second-order valence-electron chi connectivity index (χ2n) is 8.53. The number of anilines is 1. The lowest BCUT2D eigenvalue weighted by Gasteiger charge is -2.28. The van der Waals surface area contributed by atoms with E-state index < -0.39 is 0 Å². The Morgan fingerprint density at radius 2 is 1.73 bits per heavy atom. The number of benzene rings is 2. The van der Waals surface area contributed by atoms with Crippen LogP contribution in [0.25, 0.3) is 10.6 Å². The van der Waals surface area contributed by atoms with Crippen molar-refractivity contribution in [3.63, 3.8) is 0 Å². The van der Waals surface area contributed by atoms with Crippen LogP contribution in [0.4, 0.5) is 9.93 Å². The molecule has 3 rings (SSSR count). The third-order valence-corrected chi connectivity index (χ3v) is 5.49. The number of nitrogens with zero attached hydrogens (tertiary/aromatic N) is 3. The fraction of sp³-hybridized carbons (Fsp3) is 0.333. The highest BCUT2D eigenvalue weighted by atomic mass is 32.1. The van der Waals surface area contributed by atoms with E-state index >= 15 is 0 Å². The number of hydrogen-bond acceptors (Lipinski definition) is 6. The van der Waals surface area contributed by atoms with Crippen molar-refractivity contribution in [1.82, 2.24) is 20.4 Å².